The summed E-state index contributed by atoms with van der Waals surface area (Å²) in [7, 11) is 4.07. The van der Waals surface area contributed by atoms with Crippen LogP contribution in [0.2, 0.25) is 0 Å². The van der Waals surface area contributed by atoms with Crippen molar-refractivity contribution in [2.75, 3.05) is 27.2 Å². The van der Waals surface area contributed by atoms with Crippen molar-refractivity contribution in [2.45, 2.75) is 26.2 Å². The number of nitrogens with zero attached hydrogens (tertiary/aromatic N) is 3. The molecule has 0 spiro atoms. The molecule has 0 bridgehead atoms. The van der Waals surface area contributed by atoms with Gasteiger partial charge >= 0.3 is 0 Å². The minimum Gasteiger partial charge on any atom is -0.351 e. The number of aromatic nitrogens is 2. The molecule has 2 heterocycles. The van der Waals surface area contributed by atoms with Gasteiger partial charge in [-0.05, 0) is 45.6 Å². The molecular weight excluding hydrogens is 264 g/mol. The van der Waals surface area contributed by atoms with Gasteiger partial charge in [0, 0.05) is 12.7 Å². The molecule has 5 heteroatoms. The quantitative estimate of drug-likeness (QED) is 0.793. The summed E-state index contributed by atoms with van der Waals surface area (Å²) < 4.78 is 1.88. The molecule has 2 aromatic rings. The van der Waals surface area contributed by atoms with Crippen LogP contribution in [-0.4, -0.2) is 47.4 Å². The van der Waals surface area contributed by atoms with Crippen molar-refractivity contribution in [2.24, 2.45) is 0 Å². The van der Waals surface area contributed by atoms with Gasteiger partial charge in [0.05, 0.1) is 5.69 Å². The Morgan fingerprint density at radius 1 is 1.38 bits per heavy atom. The largest absolute Gasteiger partial charge is 0.351 e. The van der Waals surface area contributed by atoms with Crippen LogP contribution in [0.3, 0.4) is 0 Å². The van der Waals surface area contributed by atoms with Crippen LogP contribution in [0.15, 0.2) is 24.4 Å². The minimum atomic E-state index is -0.0316. The molecule has 0 unspecified atom stereocenters. The maximum Gasteiger partial charge on any atom is 0.270 e. The molecule has 0 aliphatic heterocycles. The Balaban J connectivity index is 2.15. The van der Waals surface area contributed by atoms with Crippen molar-refractivity contribution < 1.29 is 4.79 Å². The van der Waals surface area contributed by atoms with E-state index in [0.717, 1.165) is 37.1 Å². The van der Waals surface area contributed by atoms with E-state index >= 15 is 0 Å². The van der Waals surface area contributed by atoms with E-state index < -0.39 is 0 Å². The number of pyridine rings is 1. The zero-order valence-electron chi connectivity index (χ0n) is 13.1. The molecule has 114 valence electrons. The fourth-order valence-corrected chi connectivity index (χ4v) is 2.38. The molecule has 0 radical (unpaired) electrons. The van der Waals surface area contributed by atoms with E-state index in [4.69, 9.17) is 0 Å². The summed E-state index contributed by atoms with van der Waals surface area (Å²) in [5, 5.41) is 3.00. The lowest BCUT2D eigenvalue weighted by Gasteiger charge is -2.10. The van der Waals surface area contributed by atoms with E-state index in [1.807, 2.05) is 42.9 Å². The predicted octanol–water partition coefficient (Wildman–Crippen LogP) is 1.97. The molecule has 0 saturated heterocycles. The van der Waals surface area contributed by atoms with Crippen molar-refractivity contribution in [3.05, 3.63) is 35.8 Å². The molecule has 0 aliphatic carbocycles. The number of hydrogen-bond donors (Lipinski definition) is 1. The van der Waals surface area contributed by atoms with Crippen molar-refractivity contribution in [1.82, 2.24) is 19.6 Å². The van der Waals surface area contributed by atoms with Gasteiger partial charge in [0.25, 0.3) is 5.91 Å². The molecule has 0 aromatic carbocycles. The van der Waals surface area contributed by atoms with Gasteiger partial charge in [-0.3, -0.25) is 9.20 Å². The van der Waals surface area contributed by atoms with Gasteiger partial charge in [0.15, 0.2) is 0 Å². The van der Waals surface area contributed by atoms with Gasteiger partial charge in [-0.1, -0.05) is 19.4 Å². The summed E-state index contributed by atoms with van der Waals surface area (Å²) in [5.41, 5.74) is 2.39. The van der Waals surface area contributed by atoms with Crippen molar-refractivity contribution in [3.8, 4) is 0 Å². The summed E-state index contributed by atoms with van der Waals surface area (Å²) in [6.45, 7) is 3.75. The number of fused-ring (bicyclic) bond motifs is 1. The molecule has 21 heavy (non-hydrogen) atoms. The molecule has 0 fully saturated rings. The van der Waals surface area contributed by atoms with E-state index in [-0.39, 0.29) is 5.91 Å². The zero-order valence-corrected chi connectivity index (χ0v) is 13.1. The Hall–Kier alpha value is -1.88. The van der Waals surface area contributed by atoms with E-state index in [9.17, 15) is 4.79 Å². The standard InChI is InChI=1S/C16H24N4O/c1-4-8-13-15(16(21)17-10-7-11-19(2)3)20-12-6-5-9-14(20)18-13/h5-6,9,12H,4,7-8,10-11H2,1-3H3,(H,17,21). The van der Waals surface area contributed by atoms with Crippen LogP contribution < -0.4 is 5.32 Å². The number of rotatable bonds is 7. The zero-order chi connectivity index (χ0) is 15.2. The fraction of sp³-hybridized carbons (Fsp3) is 0.500. The van der Waals surface area contributed by atoms with Gasteiger partial charge in [0.1, 0.15) is 11.3 Å². The normalized spacial score (nSPS) is 11.2. The maximum atomic E-state index is 12.5. The van der Waals surface area contributed by atoms with Crippen LogP contribution in [0.5, 0.6) is 0 Å². The first-order chi connectivity index (χ1) is 10.1. The third kappa shape index (κ3) is 3.82. The SMILES string of the molecule is CCCc1nc2ccccn2c1C(=O)NCCCN(C)C. The number of carbonyl (C=O) groups is 1. The Morgan fingerprint density at radius 2 is 2.19 bits per heavy atom. The Morgan fingerprint density at radius 3 is 2.90 bits per heavy atom. The number of hydrogen-bond acceptors (Lipinski definition) is 3. The van der Waals surface area contributed by atoms with Gasteiger partial charge in [-0.2, -0.15) is 0 Å². The van der Waals surface area contributed by atoms with Crippen molar-refractivity contribution in [1.29, 1.82) is 0 Å². The van der Waals surface area contributed by atoms with E-state index in [1.54, 1.807) is 0 Å². The molecule has 1 N–H and O–H groups in total. The maximum absolute atomic E-state index is 12.5. The van der Waals surface area contributed by atoms with Gasteiger partial charge in [-0.15, -0.1) is 0 Å². The lowest BCUT2D eigenvalue weighted by Crippen LogP contribution is -2.28. The number of aryl methyl sites for hydroxylation is 1. The highest BCUT2D eigenvalue weighted by Crippen LogP contribution is 2.14. The lowest BCUT2D eigenvalue weighted by molar-refractivity contribution is 0.0945. The monoisotopic (exact) mass is 288 g/mol. The second-order valence-electron chi connectivity index (χ2n) is 5.50. The molecule has 1 amide bonds. The van der Waals surface area contributed by atoms with E-state index in [1.165, 1.54) is 0 Å². The van der Waals surface area contributed by atoms with Crippen LogP contribution in [0, 0.1) is 0 Å². The molecule has 0 aliphatic rings. The van der Waals surface area contributed by atoms with E-state index in [0.29, 0.717) is 12.2 Å². The molecule has 5 nitrogen and oxygen atoms in total. The summed E-state index contributed by atoms with van der Waals surface area (Å²) in [6.07, 6.45) is 4.64. The number of imidazole rings is 1. The first-order valence-corrected chi connectivity index (χ1v) is 7.52. The number of nitrogens with one attached hydrogen (secondary N) is 1. The van der Waals surface area contributed by atoms with E-state index in [2.05, 4.69) is 22.1 Å². The third-order valence-electron chi connectivity index (χ3n) is 3.37. The molecule has 0 atom stereocenters. The first kappa shape index (κ1) is 15.5. The summed E-state index contributed by atoms with van der Waals surface area (Å²) in [5.74, 6) is -0.0316. The molecule has 2 rings (SSSR count). The Kier molecular flexibility index (Phi) is 5.33. The van der Waals surface area contributed by atoms with Crippen LogP contribution in [0.1, 0.15) is 35.9 Å². The second kappa shape index (κ2) is 7.22. The second-order valence-corrected chi connectivity index (χ2v) is 5.50. The number of carbonyl (C=O) groups excluding carboxylic acids is 1. The van der Waals surface area contributed by atoms with Gasteiger partial charge < -0.3 is 10.2 Å². The Bertz CT molecular complexity index is 603. The molecule has 2 aromatic heterocycles. The van der Waals surface area contributed by atoms with Crippen LogP contribution >= 0.6 is 0 Å². The topological polar surface area (TPSA) is 49.6 Å². The molecule has 0 saturated carbocycles. The highest BCUT2D eigenvalue weighted by atomic mass is 16.1. The van der Waals surface area contributed by atoms with Crippen LogP contribution in [0.25, 0.3) is 5.65 Å². The highest BCUT2D eigenvalue weighted by Gasteiger charge is 2.17. The lowest BCUT2D eigenvalue weighted by atomic mass is 10.2. The average molecular weight is 288 g/mol. The highest BCUT2D eigenvalue weighted by molar-refractivity contribution is 5.94. The summed E-state index contributed by atoms with van der Waals surface area (Å²) >= 11 is 0. The molecular formula is C16H24N4O. The summed E-state index contributed by atoms with van der Waals surface area (Å²) in [6, 6.07) is 5.80. The minimum absolute atomic E-state index is 0.0316. The number of amides is 1. The smallest absolute Gasteiger partial charge is 0.270 e. The van der Waals surface area contributed by atoms with Gasteiger partial charge in [-0.25, -0.2) is 4.98 Å². The summed E-state index contributed by atoms with van der Waals surface area (Å²) in [4.78, 5) is 19.2. The van der Waals surface area contributed by atoms with Crippen molar-refractivity contribution in [3.63, 3.8) is 0 Å². The van der Waals surface area contributed by atoms with Gasteiger partial charge in [0.2, 0.25) is 0 Å². The van der Waals surface area contributed by atoms with Crippen molar-refractivity contribution >= 4 is 11.6 Å². The predicted molar refractivity (Wildman–Crippen MR) is 84.7 cm³/mol. The fourth-order valence-electron chi connectivity index (χ4n) is 2.38. The average Bonchev–Trinajstić information content (AvgIpc) is 2.81. The van der Waals surface area contributed by atoms with Crippen LogP contribution in [0.4, 0.5) is 0 Å². The van der Waals surface area contributed by atoms with Crippen LogP contribution in [-0.2, 0) is 6.42 Å². The Labute approximate surface area is 126 Å². The first-order valence-electron chi connectivity index (χ1n) is 7.52. The third-order valence-corrected chi connectivity index (χ3v) is 3.37.